The molecule has 180 valence electrons. The van der Waals surface area contributed by atoms with Gasteiger partial charge in [-0.2, -0.15) is 4.98 Å². The third-order valence-corrected chi connectivity index (χ3v) is 6.35. The summed E-state index contributed by atoms with van der Waals surface area (Å²) in [5, 5.41) is 13.1. The maximum Gasteiger partial charge on any atom is 0.230 e. The second kappa shape index (κ2) is 9.43. The lowest BCUT2D eigenvalue weighted by molar-refractivity contribution is -0.528. The van der Waals surface area contributed by atoms with Gasteiger partial charge in [0, 0.05) is 20.1 Å². The highest BCUT2D eigenvalue weighted by atomic mass is 35.5. The number of allylic oxidation sites excluding steroid dienone is 2. The maximum atomic E-state index is 7.73. The molecule has 3 aromatic rings. The van der Waals surface area contributed by atoms with Crippen LogP contribution in [0.4, 0.5) is 17.6 Å². The second-order valence-electron chi connectivity index (χ2n) is 8.34. The Bertz CT molecular complexity index is 1380. The predicted molar refractivity (Wildman–Crippen MR) is 136 cm³/mol. The van der Waals surface area contributed by atoms with Crippen molar-refractivity contribution in [2.75, 3.05) is 23.3 Å². The number of pyridine rings is 1. The smallest absolute Gasteiger partial charge is 0.230 e. The average molecular weight is 494 g/mol. The van der Waals surface area contributed by atoms with Crippen molar-refractivity contribution in [2.24, 2.45) is 12.0 Å². The molecular formula is C23H26ClN10O+. The monoisotopic (exact) mass is 493 g/mol. The van der Waals surface area contributed by atoms with Gasteiger partial charge in [-0.3, -0.25) is 15.6 Å². The van der Waals surface area contributed by atoms with Gasteiger partial charge in [0.1, 0.15) is 16.7 Å². The number of imidazole rings is 1. The Hall–Kier alpha value is -3.83. The third kappa shape index (κ3) is 4.35. The molecule has 0 bridgehead atoms. The fourth-order valence-corrected chi connectivity index (χ4v) is 4.66. The van der Waals surface area contributed by atoms with Crippen LogP contribution in [0.3, 0.4) is 0 Å². The number of aromatic nitrogens is 5. The molecule has 0 aliphatic carbocycles. The number of nitrogens with one attached hydrogen (secondary N) is 2. The number of aryl methyl sites for hydroxylation is 3. The highest BCUT2D eigenvalue weighted by molar-refractivity contribution is 6.36. The lowest BCUT2D eigenvalue weighted by Gasteiger charge is -2.21. The molecule has 3 aromatic heterocycles. The van der Waals surface area contributed by atoms with Crippen LogP contribution in [-0.2, 0) is 7.05 Å². The lowest BCUT2D eigenvalue weighted by atomic mass is 10.2. The van der Waals surface area contributed by atoms with Crippen molar-refractivity contribution in [2.45, 2.75) is 26.7 Å². The molecule has 0 unspecified atom stereocenters. The molecule has 2 aliphatic rings. The van der Waals surface area contributed by atoms with Crippen molar-refractivity contribution in [3.05, 3.63) is 46.5 Å². The Balaban J connectivity index is 1.45. The van der Waals surface area contributed by atoms with E-state index in [1.54, 1.807) is 28.5 Å². The molecule has 2 aliphatic heterocycles. The molecule has 12 heteroatoms. The van der Waals surface area contributed by atoms with Gasteiger partial charge >= 0.3 is 0 Å². The number of quaternary nitrogens is 1. The van der Waals surface area contributed by atoms with E-state index in [4.69, 9.17) is 21.7 Å². The summed E-state index contributed by atoms with van der Waals surface area (Å²) < 4.78 is 7.70. The number of ether oxygens (including phenoxy) is 1. The van der Waals surface area contributed by atoms with Gasteiger partial charge < -0.3 is 19.6 Å². The number of hydrogen-bond acceptors (Lipinski definition) is 9. The first-order valence-corrected chi connectivity index (χ1v) is 11.7. The van der Waals surface area contributed by atoms with Gasteiger partial charge in [-0.05, 0) is 26.7 Å². The summed E-state index contributed by atoms with van der Waals surface area (Å²) in [4.78, 5) is 24.8. The van der Waals surface area contributed by atoms with Gasteiger partial charge in [-0.25, -0.2) is 15.0 Å². The van der Waals surface area contributed by atoms with Crippen LogP contribution in [-0.4, -0.2) is 50.0 Å². The number of fused-ring (bicyclic) bond motifs is 1. The van der Waals surface area contributed by atoms with E-state index in [1.807, 2.05) is 20.9 Å². The predicted octanol–water partition coefficient (Wildman–Crippen LogP) is 2.73. The number of halogens is 1. The first kappa shape index (κ1) is 22.9. The Morgan fingerprint density at radius 1 is 1.20 bits per heavy atom. The summed E-state index contributed by atoms with van der Waals surface area (Å²) >= 11 is 6.70. The standard InChI is InChI=1S/C23H25ClN10O/c1-13-19(34-8-4-5-9-34)14(2)30-22(29-13)32-23-31-21-20(33(23)3)18(24)17(12-28-21)35-16(10-25)15-11-26-6-7-27-15/h6-7,10-12,25,27H,4-5,8-9H2,1-3H3,(H,28,29,30,31,32)/p+1/b16-15+,25-10?. The lowest BCUT2D eigenvalue weighted by Crippen LogP contribution is -2.77. The summed E-state index contributed by atoms with van der Waals surface area (Å²) in [6, 6.07) is 0. The molecule has 0 spiro atoms. The molecule has 1 saturated heterocycles. The fraction of sp³-hybridized carbons (Fsp3) is 0.304. The number of rotatable bonds is 6. The van der Waals surface area contributed by atoms with E-state index in [2.05, 4.69) is 35.1 Å². The second-order valence-corrected chi connectivity index (χ2v) is 8.72. The molecule has 4 N–H and O–H groups in total. The van der Waals surface area contributed by atoms with Gasteiger partial charge in [0.15, 0.2) is 17.1 Å². The molecule has 0 aromatic carbocycles. The highest BCUT2D eigenvalue weighted by Gasteiger charge is 2.22. The fourth-order valence-electron chi connectivity index (χ4n) is 4.36. The molecule has 5 rings (SSSR count). The number of nitrogens with two attached hydrogens (primary N) is 1. The Morgan fingerprint density at radius 2 is 1.94 bits per heavy atom. The average Bonchev–Trinajstić information content (AvgIpc) is 3.48. The van der Waals surface area contributed by atoms with Gasteiger partial charge in [0.05, 0.1) is 41.9 Å². The third-order valence-electron chi connectivity index (χ3n) is 5.98. The molecule has 0 atom stereocenters. The normalized spacial score (nSPS) is 16.7. The molecule has 0 radical (unpaired) electrons. The van der Waals surface area contributed by atoms with Crippen LogP contribution < -0.4 is 20.3 Å². The van der Waals surface area contributed by atoms with E-state index in [1.165, 1.54) is 19.0 Å². The largest absolute Gasteiger partial charge is 0.446 e. The first-order chi connectivity index (χ1) is 17.0. The van der Waals surface area contributed by atoms with E-state index in [0.717, 1.165) is 36.4 Å². The molecule has 0 saturated carbocycles. The van der Waals surface area contributed by atoms with Crippen molar-refractivity contribution in [1.82, 2.24) is 24.5 Å². The van der Waals surface area contributed by atoms with Gasteiger partial charge in [-0.1, -0.05) is 11.6 Å². The summed E-state index contributed by atoms with van der Waals surface area (Å²) in [7, 11) is 1.83. The zero-order valence-electron chi connectivity index (χ0n) is 19.7. The van der Waals surface area contributed by atoms with Crippen LogP contribution in [0.15, 0.2) is 35.0 Å². The number of nitrogens with zero attached hydrogens (tertiary/aromatic N) is 7. The van der Waals surface area contributed by atoms with Crippen molar-refractivity contribution in [3.63, 3.8) is 0 Å². The zero-order chi connectivity index (χ0) is 24.5. The quantitative estimate of drug-likeness (QED) is 0.355. The molecule has 35 heavy (non-hydrogen) atoms. The van der Waals surface area contributed by atoms with Gasteiger partial charge in [-0.15, -0.1) is 0 Å². The number of anilines is 3. The zero-order valence-corrected chi connectivity index (χ0v) is 20.5. The molecule has 0 amide bonds. The molecular weight excluding hydrogens is 468 g/mol. The van der Waals surface area contributed by atoms with Gasteiger partial charge in [0.25, 0.3) is 0 Å². The molecule has 11 nitrogen and oxygen atoms in total. The number of aliphatic imine (C=N–C) groups is 1. The Labute approximate surface area is 207 Å². The summed E-state index contributed by atoms with van der Waals surface area (Å²) in [6.07, 6.45) is 10.0. The van der Waals surface area contributed by atoms with E-state index in [-0.39, 0.29) is 0 Å². The Morgan fingerprint density at radius 3 is 2.60 bits per heavy atom. The van der Waals surface area contributed by atoms with E-state index < -0.39 is 0 Å². The summed E-state index contributed by atoms with van der Waals surface area (Å²) in [5.74, 6) is 1.58. The van der Waals surface area contributed by atoms with Crippen molar-refractivity contribution >= 4 is 52.8 Å². The van der Waals surface area contributed by atoms with Crippen LogP contribution in [0, 0.1) is 19.3 Å². The number of hydrogen-bond donors (Lipinski definition) is 3. The highest BCUT2D eigenvalue weighted by Crippen LogP contribution is 2.34. The van der Waals surface area contributed by atoms with E-state index in [9.17, 15) is 0 Å². The van der Waals surface area contributed by atoms with Gasteiger partial charge in [0.2, 0.25) is 17.7 Å². The SMILES string of the molecule is Cc1nc(Nc2nc3ncc(O/C(C=N)=C4\C=NC=C[NH2+]4)c(Cl)c3n2C)nc(C)c1N1CCCC1. The van der Waals surface area contributed by atoms with E-state index >= 15 is 0 Å². The van der Waals surface area contributed by atoms with Crippen molar-refractivity contribution in [1.29, 1.82) is 5.41 Å². The van der Waals surface area contributed by atoms with Crippen molar-refractivity contribution in [3.8, 4) is 5.75 Å². The van der Waals surface area contributed by atoms with E-state index in [0.29, 0.717) is 45.3 Å². The summed E-state index contributed by atoms with van der Waals surface area (Å²) in [6.45, 7) is 6.08. The molecule has 5 heterocycles. The van der Waals surface area contributed by atoms with Crippen molar-refractivity contribution < 1.29 is 10.1 Å². The van der Waals surface area contributed by atoms with Crippen LogP contribution in [0.1, 0.15) is 24.2 Å². The topological polar surface area (TPSA) is 134 Å². The maximum absolute atomic E-state index is 7.73. The minimum Gasteiger partial charge on any atom is -0.446 e. The van der Waals surface area contributed by atoms with Crippen LogP contribution in [0.5, 0.6) is 5.75 Å². The van der Waals surface area contributed by atoms with Crippen LogP contribution >= 0.6 is 11.6 Å². The Kier molecular flexibility index (Phi) is 6.18. The minimum absolute atomic E-state index is 0.305. The van der Waals surface area contributed by atoms with Crippen LogP contribution in [0.2, 0.25) is 5.02 Å². The minimum atomic E-state index is 0.305. The summed E-state index contributed by atoms with van der Waals surface area (Å²) in [5.41, 5.74) is 4.66. The molecule has 1 fully saturated rings. The first-order valence-electron chi connectivity index (χ1n) is 11.3. The van der Waals surface area contributed by atoms with Crippen LogP contribution in [0.25, 0.3) is 11.2 Å².